The van der Waals surface area contributed by atoms with Gasteiger partial charge >= 0.3 is 0 Å². The van der Waals surface area contributed by atoms with E-state index in [1.807, 2.05) is 18.2 Å². The van der Waals surface area contributed by atoms with Crippen LogP contribution < -0.4 is 10.5 Å². The highest BCUT2D eigenvalue weighted by atomic mass is 79.9. The molecule has 0 heterocycles. The van der Waals surface area contributed by atoms with Crippen molar-refractivity contribution in [3.05, 3.63) is 28.2 Å². The van der Waals surface area contributed by atoms with Crippen LogP contribution in [0.4, 0.5) is 0 Å². The molecular formula is C13H20BrNO. The van der Waals surface area contributed by atoms with Crippen molar-refractivity contribution in [2.75, 3.05) is 6.61 Å². The van der Waals surface area contributed by atoms with Crippen LogP contribution in [-0.2, 0) is 6.54 Å². The molecule has 0 fully saturated rings. The first-order chi connectivity index (χ1) is 7.79. The summed E-state index contributed by atoms with van der Waals surface area (Å²) in [5, 5.41) is 0. The molecule has 0 saturated heterocycles. The molecular weight excluding hydrogens is 266 g/mol. The molecule has 1 aromatic rings. The van der Waals surface area contributed by atoms with Crippen molar-refractivity contribution < 1.29 is 4.74 Å². The number of nitrogens with two attached hydrogens (primary N) is 1. The fourth-order valence-corrected chi connectivity index (χ4v) is 2.09. The number of benzene rings is 1. The number of halogens is 1. The second kappa shape index (κ2) is 7.69. The summed E-state index contributed by atoms with van der Waals surface area (Å²) in [5.74, 6) is 0.911. The van der Waals surface area contributed by atoms with Gasteiger partial charge in [0.2, 0.25) is 0 Å². The molecule has 0 aliphatic heterocycles. The summed E-state index contributed by atoms with van der Waals surface area (Å²) >= 11 is 3.48. The minimum absolute atomic E-state index is 0.506. The first-order valence-electron chi connectivity index (χ1n) is 5.89. The Bertz CT molecular complexity index is 315. The number of hydrogen-bond donors (Lipinski definition) is 1. The van der Waals surface area contributed by atoms with Crippen LogP contribution in [-0.4, -0.2) is 6.61 Å². The van der Waals surface area contributed by atoms with Crippen LogP contribution in [0.2, 0.25) is 0 Å². The molecule has 0 aromatic heterocycles. The van der Waals surface area contributed by atoms with Crippen LogP contribution in [0.15, 0.2) is 22.7 Å². The van der Waals surface area contributed by atoms with Crippen molar-refractivity contribution in [2.45, 2.75) is 39.2 Å². The van der Waals surface area contributed by atoms with Crippen molar-refractivity contribution in [1.82, 2.24) is 0 Å². The Morgan fingerprint density at radius 3 is 2.75 bits per heavy atom. The van der Waals surface area contributed by atoms with Crippen LogP contribution in [0.5, 0.6) is 5.75 Å². The van der Waals surface area contributed by atoms with Gasteiger partial charge in [-0.25, -0.2) is 0 Å². The van der Waals surface area contributed by atoms with Gasteiger partial charge in [0.05, 0.1) is 6.61 Å². The van der Waals surface area contributed by atoms with Gasteiger partial charge in [-0.1, -0.05) is 48.2 Å². The summed E-state index contributed by atoms with van der Waals surface area (Å²) in [4.78, 5) is 0. The zero-order valence-corrected chi connectivity index (χ0v) is 11.4. The van der Waals surface area contributed by atoms with Gasteiger partial charge in [-0.2, -0.15) is 0 Å². The summed E-state index contributed by atoms with van der Waals surface area (Å²) in [5.41, 5.74) is 6.75. The smallest absolute Gasteiger partial charge is 0.124 e. The van der Waals surface area contributed by atoms with E-state index < -0.39 is 0 Å². The summed E-state index contributed by atoms with van der Waals surface area (Å²) in [6.07, 6.45) is 4.89. The fraction of sp³-hybridized carbons (Fsp3) is 0.538. The van der Waals surface area contributed by atoms with E-state index in [9.17, 15) is 0 Å². The predicted octanol–water partition coefficient (Wildman–Crippen LogP) is 3.87. The van der Waals surface area contributed by atoms with Crippen molar-refractivity contribution in [1.29, 1.82) is 0 Å². The van der Waals surface area contributed by atoms with Crippen LogP contribution in [0.1, 0.15) is 38.2 Å². The second-order valence-corrected chi connectivity index (χ2v) is 4.68. The molecule has 2 nitrogen and oxygen atoms in total. The molecule has 0 spiro atoms. The Morgan fingerprint density at radius 1 is 1.25 bits per heavy atom. The van der Waals surface area contributed by atoms with Crippen LogP contribution in [0, 0.1) is 0 Å². The van der Waals surface area contributed by atoms with Gasteiger partial charge in [0.1, 0.15) is 5.75 Å². The maximum absolute atomic E-state index is 5.75. The molecule has 2 N–H and O–H groups in total. The van der Waals surface area contributed by atoms with Gasteiger partial charge < -0.3 is 10.5 Å². The van der Waals surface area contributed by atoms with Crippen molar-refractivity contribution in [3.63, 3.8) is 0 Å². The van der Waals surface area contributed by atoms with Crippen LogP contribution >= 0.6 is 15.9 Å². The van der Waals surface area contributed by atoms with E-state index in [2.05, 4.69) is 22.9 Å². The summed E-state index contributed by atoms with van der Waals surface area (Å²) in [6, 6.07) is 5.95. The summed E-state index contributed by atoms with van der Waals surface area (Å²) in [7, 11) is 0. The Labute approximate surface area is 106 Å². The number of hydrogen-bond acceptors (Lipinski definition) is 2. The van der Waals surface area contributed by atoms with Gasteiger partial charge in [-0.3, -0.25) is 0 Å². The quantitative estimate of drug-likeness (QED) is 0.772. The molecule has 0 radical (unpaired) electrons. The van der Waals surface area contributed by atoms with E-state index in [1.165, 1.54) is 19.3 Å². The Hall–Kier alpha value is -0.540. The number of rotatable bonds is 7. The fourth-order valence-electron chi connectivity index (χ4n) is 1.58. The molecule has 0 amide bonds. The highest BCUT2D eigenvalue weighted by molar-refractivity contribution is 9.10. The average Bonchev–Trinajstić information content (AvgIpc) is 2.29. The largest absolute Gasteiger partial charge is 0.493 e. The maximum atomic E-state index is 5.75. The van der Waals surface area contributed by atoms with E-state index in [1.54, 1.807) is 0 Å². The monoisotopic (exact) mass is 285 g/mol. The second-order valence-electron chi connectivity index (χ2n) is 3.83. The normalized spacial score (nSPS) is 10.4. The van der Waals surface area contributed by atoms with E-state index in [0.717, 1.165) is 28.8 Å². The van der Waals surface area contributed by atoms with E-state index >= 15 is 0 Å². The standard InChI is InChI=1S/C13H20BrNO/c1-2-3-4-5-9-16-13-8-6-7-12(14)11(13)10-15/h6-8H,2-5,9-10,15H2,1H3. The Balaban J connectivity index is 2.44. The molecule has 0 bridgehead atoms. The lowest BCUT2D eigenvalue weighted by Crippen LogP contribution is -2.04. The minimum Gasteiger partial charge on any atom is -0.493 e. The van der Waals surface area contributed by atoms with Crippen LogP contribution in [0.3, 0.4) is 0 Å². The molecule has 1 aromatic carbocycles. The molecule has 0 unspecified atom stereocenters. The lowest BCUT2D eigenvalue weighted by Gasteiger charge is -2.11. The molecule has 0 atom stereocenters. The highest BCUT2D eigenvalue weighted by Gasteiger charge is 2.05. The maximum Gasteiger partial charge on any atom is 0.124 e. The van der Waals surface area contributed by atoms with Crippen molar-refractivity contribution in [3.8, 4) is 5.75 Å². The zero-order chi connectivity index (χ0) is 11.8. The van der Waals surface area contributed by atoms with Gasteiger partial charge in [-0.05, 0) is 18.6 Å². The third-order valence-corrected chi connectivity index (χ3v) is 3.28. The van der Waals surface area contributed by atoms with E-state index in [0.29, 0.717) is 6.54 Å². The van der Waals surface area contributed by atoms with Crippen molar-refractivity contribution >= 4 is 15.9 Å². The number of unbranched alkanes of at least 4 members (excludes halogenated alkanes) is 3. The number of ether oxygens (including phenoxy) is 1. The lowest BCUT2D eigenvalue weighted by atomic mass is 10.2. The minimum atomic E-state index is 0.506. The van der Waals surface area contributed by atoms with E-state index in [4.69, 9.17) is 10.5 Å². The topological polar surface area (TPSA) is 35.2 Å². The molecule has 0 aliphatic rings. The lowest BCUT2D eigenvalue weighted by molar-refractivity contribution is 0.302. The third kappa shape index (κ3) is 4.14. The van der Waals surface area contributed by atoms with Crippen LogP contribution in [0.25, 0.3) is 0 Å². The molecule has 0 saturated carbocycles. The molecule has 1 rings (SSSR count). The average molecular weight is 286 g/mol. The first kappa shape index (κ1) is 13.5. The zero-order valence-electron chi connectivity index (χ0n) is 9.84. The molecule has 90 valence electrons. The first-order valence-corrected chi connectivity index (χ1v) is 6.69. The van der Waals surface area contributed by atoms with Gasteiger partial charge in [0.25, 0.3) is 0 Å². The Kier molecular flexibility index (Phi) is 6.50. The van der Waals surface area contributed by atoms with Gasteiger partial charge in [0.15, 0.2) is 0 Å². The SMILES string of the molecule is CCCCCCOc1cccc(Br)c1CN. The van der Waals surface area contributed by atoms with E-state index in [-0.39, 0.29) is 0 Å². The molecule has 3 heteroatoms. The third-order valence-electron chi connectivity index (χ3n) is 2.54. The van der Waals surface area contributed by atoms with Gasteiger partial charge in [0, 0.05) is 16.6 Å². The molecule has 0 aliphatic carbocycles. The van der Waals surface area contributed by atoms with Crippen molar-refractivity contribution in [2.24, 2.45) is 5.73 Å². The summed E-state index contributed by atoms with van der Waals surface area (Å²) in [6.45, 7) is 3.50. The Morgan fingerprint density at radius 2 is 2.06 bits per heavy atom. The highest BCUT2D eigenvalue weighted by Crippen LogP contribution is 2.26. The predicted molar refractivity (Wildman–Crippen MR) is 71.7 cm³/mol. The molecule has 16 heavy (non-hydrogen) atoms. The van der Waals surface area contributed by atoms with Gasteiger partial charge in [-0.15, -0.1) is 0 Å². The summed E-state index contributed by atoms with van der Waals surface area (Å²) < 4.78 is 6.77.